The molecular formula is C21H17ClN4OS. The van der Waals surface area contributed by atoms with Gasteiger partial charge in [0.1, 0.15) is 0 Å². The van der Waals surface area contributed by atoms with Gasteiger partial charge in [-0.25, -0.2) is 4.99 Å². The van der Waals surface area contributed by atoms with E-state index >= 15 is 0 Å². The van der Waals surface area contributed by atoms with E-state index in [1.807, 2.05) is 30.5 Å². The van der Waals surface area contributed by atoms with Gasteiger partial charge in [-0.1, -0.05) is 11.6 Å². The second kappa shape index (κ2) is 6.62. The molecule has 1 amide bonds. The van der Waals surface area contributed by atoms with Gasteiger partial charge < -0.3 is 5.73 Å². The second-order valence-electron chi connectivity index (χ2n) is 7.04. The highest BCUT2D eigenvalue weighted by molar-refractivity contribution is 7.17. The minimum absolute atomic E-state index is 0.0773. The van der Waals surface area contributed by atoms with Crippen molar-refractivity contribution < 1.29 is 4.79 Å². The van der Waals surface area contributed by atoms with E-state index < -0.39 is 5.54 Å². The Balaban J connectivity index is 1.97. The Kier molecular flexibility index (Phi) is 4.37. The van der Waals surface area contributed by atoms with E-state index in [0.717, 1.165) is 26.8 Å². The highest BCUT2D eigenvalue weighted by Crippen LogP contribution is 2.42. The third-order valence-corrected chi connectivity index (χ3v) is 6.43. The van der Waals surface area contributed by atoms with Crippen molar-refractivity contribution in [3.63, 3.8) is 0 Å². The summed E-state index contributed by atoms with van der Waals surface area (Å²) < 4.78 is 1.07. The highest BCUT2D eigenvalue weighted by Gasteiger charge is 2.36. The lowest BCUT2D eigenvalue weighted by Gasteiger charge is -2.34. The second-order valence-corrected chi connectivity index (χ2v) is 8.37. The van der Waals surface area contributed by atoms with E-state index in [1.54, 1.807) is 36.6 Å². The molecule has 0 fully saturated rings. The summed E-state index contributed by atoms with van der Waals surface area (Å²) in [6.07, 6.45) is 0.227. The lowest BCUT2D eigenvalue weighted by atomic mass is 9.85. The SMILES string of the molecule is CN1C(=O)C[C@@](C)(c2cc(-c3cc(C#N)ccc3Cl)c3sccc3c2)N=C1N. The molecule has 2 heterocycles. The summed E-state index contributed by atoms with van der Waals surface area (Å²) in [7, 11) is 1.63. The van der Waals surface area contributed by atoms with Crippen molar-refractivity contribution in [2.45, 2.75) is 18.9 Å². The summed E-state index contributed by atoms with van der Waals surface area (Å²) in [5, 5.41) is 12.9. The molecule has 1 atom stereocenters. The number of rotatable bonds is 2. The smallest absolute Gasteiger partial charge is 0.231 e. The van der Waals surface area contributed by atoms with Gasteiger partial charge in [0.15, 0.2) is 5.96 Å². The van der Waals surface area contributed by atoms with Gasteiger partial charge in [0.2, 0.25) is 5.91 Å². The lowest BCUT2D eigenvalue weighted by molar-refractivity contribution is -0.128. The Morgan fingerprint density at radius 1 is 1.29 bits per heavy atom. The number of fused-ring (bicyclic) bond motifs is 1. The van der Waals surface area contributed by atoms with Crippen LogP contribution >= 0.6 is 22.9 Å². The van der Waals surface area contributed by atoms with Crippen molar-refractivity contribution in [2.75, 3.05) is 7.05 Å². The van der Waals surface area contributed by atoms with Crippen LogP contribution < -0.4 is 5.73 Å². The molecule has 0 aliphatic carbocycles. The van der Waals surface area contributed by atoms with Crippen LogP contribution in [0.1, 0.15) is 24.5 Å². The first-order valence-electron chi connectivity index (χ1n) is 8.66. The van der Waals surface area contributed by atoms with Crippen molar-refractivity contribution in [1.29, 1.82) is 5.26 Å². The topological polar surface area (TPSA) is 82.5 Å². The number of aliphatic imine (C=N–C) groups is 1. The van der Waals surface area contributed by atoms with Crippen molar-refractivity contribution in [3.8, 4) is 17.2 Å². The minimum Gasteiger partial charge on any atom is -0.369 e. The fourth-order valence-corrected chi connectivity index (χ4v) is 4.60. The number of carbonyl (C=O) groups excluding carboxylic acids is 1. The first-order valence-corrected chi connectivity index (χ1v) is 9.92. The normalized spacial score (nSPS) is 19.6. The van der Waals surface area contributed by atoms with Crippen LogP contribution in [0.4, 0.5) is 0 Å². The average Bonchev–Trinajstić information content (AvgIpc) is 3.14. The summed E-state index contributed by atoms with van der Waals surface area (Å²) in [5.41, 5.74) is 8.35. The summed E-state index contributed by atoms with van der Waals surface area (Å²) >= 11 is 8.09. The van der Waals surface area contributed by atoms with Gasteiger partial charge in [-0.15, -0.1) is 11.3 Å². The highest BCUT2D eigenvalue weighted by atomic mass is 35.5. The van der Waals surface area contributed by atoms with Gasteiger partial charge in [0.25, 0.3) is 0 Å². The number of nitrogens with zero attached hydrogens (tertiary/aromatic N) is 3. The molecule has 2 aromatic carbocycles. The predicted molar refractivity (Wildman–Crippen MR) is 113 cm³/mol. The van der Waals surface area contributed by atoms with E-state index in [2.05, 4.69) is 11.1 Å². The van der Waals surface area contributed by atoms with E-state index in [4.69, 9.17) is 17.3 Å². The van der Waals surface area contributed by atoms with Crippen LogP contribution in [0.3, 0.4) is 0 Å². The Labute approximate surface area is 171 Å². The molecule has 4 rings (SSSR count). The molecule has 0 bridgehead atoms. The Hall–Kier alpha value is -2.88. The number of halogens is 1. The Morgan fingerprint density at radius 3 is 2.79 bits per heavy atom. The van der Waals surface area contributed by atoms with Crippen LogP contribution in [0.25, 0.3) is 21.2 Å². The van der Waals surface area contributed by atoms with Gasteiger partial charge in [0.05, 0.1) is 23.6 Å². The van der Waals surface area contributed by atoms with Crippen molar-refractivity contribution in [2.24, 2.45) is 10.7 Å². The van der Waals surface area contributed by atoms with Gasteiger partial charge in [-0.3, -0.25) is 9.69 Å². The molecule has 0 saturated carbocycles. The maximum atomic E-state index is 12.4. The molecule has 7 heteroatoms. The number of hydrogen-bond donors (Lipinski definition) is 1. The molecule has 3 aromatic rings. The van der Waals surface area contributed by atoms with Crippen LogP contribution in [0.2, 0.25) is 5.02 Å². The fourth-order valence-electron chi connectivity index (χ4n) is 3.47. The number of nitriles is 1. The number of thiophene rings is 1. The van der Waals surface area contributed by atoms with Crippen LogP contribution in [-0.4, -0.2) is 23.8 Å². The van der Waals surface area contributed by atoms with Gasteiger partial charge in [0, 0.05) is 27.9 Å². The summed E-state index contributed by atoms with van der Waals surface area (Å²) in [4.78, 5) is 18.4. The van der Waals surface area contributed by atoms with Crippen LogP contribution in [0, 0.1) is 11.3 Å². The molecule has 2 N–H and O–H groups in total. The molecule has 0 spiro atoms. The van der Waals surface area contributed by atoms with Crippen molar-refractivity contribution in [3.05, 3.63) is 57.9 Å². The number of amides is 1. The fraction of sp³-hybridized carbons (Fsp3) is 0.190. The van der Waals surface area contributed by atoms with Gasteiger partial charge in [-0.05, 0) is 59.7 Å². The summed E-state index contributed by atoms with van der Waals surface area (Å²) in [6, 6.07) is 13.5. The number of carbonyl (C=O) groups is 1. The molecule has 0 radical (unpaired) electrons. The molecule has 1 aliphatic heterocycles. The van der Waals surface area contributed by atoms with E-state index in [0.29, 0.717) is 10.6 Å². The first kappa shape index (κ1) is 18.5. The number of hydrogen-bond acceptors (Lipinski definition) is 5. The third kappa shape index (κ3) is 2.93. The van der Waals surface area contributed by atoms with E-state index in [1.165, 1.54) is 4.90 Å². The molecule has 1 aliphatic rings. The molecule has 0 unspecified atom stereocenters. The number of guanidine groups is 1. The quantitative estimate of drug-likeness (QED) is 0.678. The van der Waals surface area contributed by atoms with Gasteiger partial charge >= 0.3 is 0 Å². The van der Waals surface area contributed by atoms with Crippen LogP contribution in [0.15, 0.2) is 46.8 Å². The molecule has 28 heavy (non-hydrogen) atoms. The van der Waals surface area contributed by atoms with Crippen LogP contribution in [0.5, 0.6) is 0 Å². The molecule has 5 nitrogen and oxygen atoms in total. The Morgan fingerprint density at radius 2 is 2.07 bits per heavy atom. The zero-order chi connectivity index (χ0) is 20.1. The van der Waals surface area contributed by atoms with Crippen LogP contribution in [-0.2, 0) is 10.3 Å². The largest absolute Gasteiger partial charge is 0.369 e. The summed E-state index contributed by atoms with van der Waals surface area (Å²) in [6.45, 7) is 1.91. The number of benzene rings is 2. The number of nitrogens with two attached hydrogens (primary N) is 1. The monoisotopic (exact) mass is 408 g/mol. The standard InChI is InChI=1S/C21H17ClN4OS/c1-21(10-18(27)26(2)20(24)25-21)14-8-13-5-6-28-19(13)16(9-14)15-7-12(11-23)3-4-17(15)22/h3-9H,10H2,1-2H3,(H2,24,25)/t21-/m0/s1. The maximum Gasteiger partial charge on any atom is 0.231 e. The van der Waals surface area contributed by atoms with E-state index in [-0.39, 0.29) is 18.3 Å². The molecule has 140 valence electrons. The molecule has 0 saturated heterocycles. The minimum atomic E-state index is -0.766. The molecular weight excluding hydrogens is 392 g/mol. The van der Waals surface area contributed by atoms with Gasteiger partial charge in [-0.2, -0.15) is 5.26 Å². The Bertz CT molecular complexity index is 1190. The maximum absolute atomic E-state index is 12.4. The summed E-state index contributed by atoms with van der Waals surface area (Å²) in [5.74, 6) is 0.127. The van der Waals surface area contributed by atoms with Crippen molar-refractivity contribution in [1.82, 2.24) is 4.90 Å². The van der Waals surface area contributed by atoms with E-state index in [9.17, 15) is 10.1 Å². The lowest BCUT2D eigenvalue weighted by Crippen LogP contribution is -2.47. The molecule has 1 aromatic heterocycles. The predicted octanol–water partition coefficient (Wildman–Crippen LogP) is 4.49. The van der Waals surface area contributed by atoms with Crippen molar-refractivity contribution >= 4 is 44.9 Å². The third-order valence-electron chi connectivity index (χ3n) is 5.13. The zero-order valence-electron chi connectivity index (χ0n) is 15.4. The zero-order valence-corrected chi connectivity index (χ0v) is 16.9. The first-order chi connectivity index (χ1) is 13.3. The average molecular weight is 409 g/mol.